The van der Waals surface area contributed by atoms with Crippen molar-refractivity contribution >= 4 is 45.6 Å². The molecule has 0 aliphatic carbocycles. The highest BCUT2D eigenvalue weighted by molar-refractivity contribution is 8.01. The van der Waals surface area contributed by atoms with E-state index >= 15 is 0 Å². The lowest BCUT2D eigenvalue weighted by molar-refractivity contribution is 0.102. The molecule has 0 radical (unpaired) electrons. The molecule has 4 aromatic rings. The number of hydrogen-bond donors (Lipinski definition) is 0. The highest BCUT2D eigenvalue weighted by Gasteiger charge is 2.20. The Balaban J connectivity index is 1.70. The number of fused-ring (bicyclic) bond motifs is 3. The number of carbonyl (C=O) groups is 1. The highest BCUT2D eigenvalue weighted by Crippen LogP contribution is 2.39. The van der Waals surface area contributed by atoms with Crippen molar-refractivity contribution in [1.29, 1.82) is 0 Å². The van der Waals surface area contributed by atoms with Crippen LogP contribution < -0.4 is 0 Å². The molecular formula is C19H16N2OS2. The minimum atomic E-state index is 0.0864. The smallest absolute Gasteiger partial charge is 0.172 e. The number of rotatable bonds is 5. The van der Waals surface area contributed by atoms with E-state index in [0.29, 0.717) is 0 Å². The predicted octanol–water partition coefficient (Wildman–Crippen LogP) is 5.09. The largest absolute Gasteiger partial charge is 0.298 e. The van der Waals surface area contributed by atoms with Crippen LogP contribution in [0.5, 0.6) is 0 Å². The van der Waals surface area contributed by atoms with Crippen LogP contribution in [0.2, 0.25) is 0 Å². The van der Waals surface area contributed by atoms with E-state index in [9.17, 15) is 4.79 Å². The number of benzene rings is 1. The van der Waals surface area contributed by atoms with E-state index in [2.05, 4.69) is 33.7 Å². The Morgan fingerprint density at radius 3 is 2.75 bits per heavy atom. The molecule has 0 atom stereocenters. The van der Waals surface area contributed by atoms with Gasteiger partial charge >= 0.3 is 0 Å². The third-order valence-electron chi connectivity index (χ3n) is 3.92. The molecule has 0 unspecified atom stereocenters. The van der Waals surface area contributed by atoms with E-state index in [-0.39, 0.29) is 5.78 Å². The summed E-state index contributed by atoms with van der Waals surface area (Å²) in [5, 5.41) is 0. The van der Waals surface area contributed by atoms with Gasteiger partial charge in [-0.05, 0) is 24.1 Å². The molecule has 0 aliphatic rings. The molecule has 0 saturated carbocycles. The maximum absolute atomic E-state index is 12.0. The lowest BCUT2D eigenvalue weighted by atomic mass is 10.2. The topological polar surface area (TPSA) is 34.4 Å². The van der Waals surface area contributed by atoms with Gasteiger partial charge in [0.2, 0.25) is 0 Å². The number of imidazole rings is 1. The van der Waals surface area contributed by atoms with Gasteiger partial charge in [-0.1, -0.05) is 36.4 Å². The average molecular weight is 352 g/mol. The van der Waals surface area contributed by atoms with Crippen LogP contribution in [-0.4, -0.2) is 20.9 Å². The number of ketones is 1. The van der Waals surface area contributed by atoms with Crippen LogP contribution in [0.4, 0.5) is 0 Å². The molecule has 0 saturated heterocycles. The summed E-state index contributed by atoms with van der Waals surface area (Å²) in [6.07, 6.45) is 3.03. The summed E-state index contributed by atoms with van der Waals surface area (Å²) in [6, 6.07) is 16.4. The van der Waals surface area contributed by atoms with Gasteiger partial charge in [-0.3, -0.25) is 9.20 Å². The third kappa shape index (κ3) is 2.74. The minimum Gasteiger partial charge on any atom is -0.298 e. The van der Waals surface area contributed by atoms with E-state index in [1.165, 1.54) is 9.77 Å². The molecule has 0 amide bonds. The van der Waals surface area contributed by atoms with Crippen molar-refractivity contribution < 1.29 is 4.79 Å². The number of thioether (sulfide) groups is 1. The van der Waals surface area contributed by atoms with E-state index in [0.717, 1.165) is 33.7 Å². The zero-order chi connectivity index (χ0) is 16.5. The van der Waals surface area contributed by atoms with Crippen molar-refractivity contribution in [2.24, 2.45) is 0 Å². The quantitative estimate of drug-likeness (QED) is 0.371. The van der Waals surface area contributed by atoms with Gasteiger partial charge in [0.1, 0.15) is 11.2 Å². The number of aryl methyl sites for hydroxylation is 1. The summed E-state index contributed by atoms with van der Waals surface area (Å²) in [4.78, 5) is 17.4. The molecule has 120 valence electrons. The Kier molecular flexibility index (Phi) is 4.12. The highest BCUT2D eigenvalue weighted by atomic mass is 32.2. The van der Waals surface area contributed by atoms with E-state index in [1.54, 1.807) is 18.3 Å². The molecule has 4 rings (SSSR count). The molecule has 3 heterocycles. The number of carbonyl (C=O) groups excluding carboxylic acids is 1. The fourth-order valence-corrected chi connectivity index (χ4v) is 5.23. The van der Waals surface area contributed by atoms with E-state index in [4.69, 9.17) is 0 Å². The third-order valence-corrected chi connectivity index (χ3v) is 6.45. The van der Waals surface area contributed by atoms with Crippen molar-refractivity contribution in [3.8, 4) is 0 Å². The first-order valence-electron chi connectivity index (χ1n) is 7.81. The van der Waals surface area contributed by atoms with Gasteiger partial charge in [0, 0.05) is 18.9 Å². The van der Waals surface area contributed by atoms with Gasteiger partial charge in [-0.25, -0.2) is 4.98 Å². The van der Waals surface area contributed by atoms with Crippen LogP contribution in [0.25, 0.3) is 16.7 Å². The number of nitrogens with zero attached hydrogens (tertiary/aromatic N) is 2. The Hall–Kier alpha value is -2.11. The molecule has 3 nitrogen and oxygen atoms in total. The van der Waals surface area contributed by atoms with Crippen LogP contribution in [0.3, 0.4) is 0 Å². The summed E-state index contributed by atoms with van der Waals surface area (Å²) in [5.41, 5.74) is 4.13. The van der Waals surface area contributed by atoms with Crippen molar-refractivity contribution in [2.75, 3.05) is 5.75 Å². The summed E-state index contributed by atoms with van der Waals surface area (Å²) < 4.78 is 3.26. The normalized spacial score (nSPS) is 11.4. The number of thiophene rings is 1. The zero-order valence-corrected chi connectivity index (χ0v) is 14.9. The van der Waals surface area contributed by atoms with Gasteiger partial charge in [-0.15, -0.1) is 23.1 Å². The molecule has 24 heavy (non-hydrogen) atoms. The molecule has 0 fully saturated rings. The van der Waals surface area contributed by atoms with Crippen LogP contribution in [-0.2, 0) is 6.42 Å². The first-order chi connectivity index (χ1) is 11.7. The number of pyridine rings is 1. The maximum atomic E-state index is 12.0. The monoisotopic (exact) mass is 352 g/mol. The van der Waals surface area contributed by atoms with Crippen LogP contribution in [0.15, 0.2) is 58.9 Å². The fraction of sp³-hybridized carbons (Fsp3) is 0.158. The van der Waals surface area contributed by atoms with Crippen molar-refractivity contribution in [1.82, 2.24) is 9.38 Å². The van der Waals surface area contributed by atoms with Crippen molar-refractivity contribution in [2.45, 2.75) is 17.6 Å². The second-order valence-corrected chi connectivity index (χ2v) is 7.98. The van der Waals surface area contributed by atoms with Gasteiger partial charge in [0.05, 0.1) is 14.6 Å². The molecule has 0 aliphatic heterocycles. The zero-order valence-electron chi connectivity index (χ0n) is 13.2. The van der Waals surface area contributed by atoms with Crippen LogP contribution in [0.1, 0.15) is 22.2 Å². The summed E-state index contributed by atoms with van der Waals surface area (Å²) in [6.45, 7) is 1.62. The summed E-state index contributed by atoms with van der Waals surface area (Å²) in [5.74, 6) is 1.07. The number of Topliss-reactive ketones (excluding diaryl/α,β-unsaturated/α-hetero) is 1. The van der Waals surface area contributed by atoms with Gasteiger partial charge in [-0.2, -0.15) is 0 Å². The fourth-order valence-electron chi connectivity index (χ4n) is 2.78. The lowest BCUT2D eigenvalue weighted by Gasteiger charge is -2.01. The molecule has 0 spiro atoms. The first kappa shape index (κ1) is 15.4. The number of aromatic nitrogens is 2. The van der Waals surface area contributed by atoms with E-state index in [1.807, 2.05) is 42.2 Å². The van der Waals surface area contributed by atoms with Gasteiger partial charge < -0.3 is 0 Å². The summed E-state index contributed by atoms with van der Waals surface area (Å²) in [7, 11) is 0. The Morgan fingerprint density at radius 2 is 1.96 bits per heavy atom. The average Bonchev–Trinajstić information content (AvgIpc) is 3.13. The van der Waals surface area contributed by atoms with Gasteiger partial charge in [0.15, 0.2) is 5.78 Å². The Labute approximate surface area is 148 Å². The van der Waals surface area contributed by atoms with Crippen LogP contribution >= 0.6 is 23.1 Å². The lowest BCUT2D eigenvalue weighted by Crippen LogP contribution is -1.88. The van der Waals surface area contributed by atoms with Gasteiger partial charge in [0.25, 0.3) is 0 Å². The molecule has 3 aromatic heterocycles. The van der Waals surface area contributed by atoms with E-state index < -0.39 is 0 Å². The molecule has 0 N–H and O–H groups in total. The summed E-state index contributed by atoms with van der Waals surface area (Å²) >= 11 is 3.38. The standard InChI is InChI=1S/C19H16N2OS2/c1-13(22)18-16-17(21-11-6-5-9-15(21)20-16)19(24-18)23-12-10-14-7-3-2-4-8-14/h2-9,11H,10,12H2,1H3. The maximum Gasteiger partial charge on any atom is 0.172 e. The second kappa shape index (κ2) is 6.42. The molecule has 0 bridgehead atoms. The number of hydrogen-bond acceptors (Lipinski definition) is 4. The van der Waals surface area contributed by atoms with Crippen LogP contribution in [0, 0.1) is 0 Å². The SMILES string of the molecule is CC(=O)c1sc(SCCc2ccccc2)c2c1nc1ccccn12. The molecule has 1 aromatic carbocycles. The first-order valence-corrected chi connectivity index (χ1v) is 9.61. The Bertz CT molecular complexity index is 1020. The molecule has 5 heteroatoms. The van der Waals surface area contributed by atoms with Crippen molar-refractivity contribution in [3.63, 3.8) is 0 Å². The Morgan fingerprint density at radius 1 is 1.17 bits per heavy atom. The minimum absolute atomic E-state index is 0.0864. The second-order valence-electron chi connectivity index (χ2n) is 5.60. The molecular weight excluding hydrogens is 336 g/mol. The van der Waals surface area contributed by atoms with Crippen molar-refractivity contribution in [3.05, 3.63) is 65.2 Å². The predicted molar refractivity (Wildman–Crippen MR) is 101 cm³/mol.